The first-order chi connectivity index (χ1) is 6.16. The largest absolute Gasteiger partial charge is 0.317 e. The Labute approximate surface area is 83.6 Å². The van der Waals surface area contributed by atoms with Crippen LogP contribution in [0.5, 0.6) is 0 Å². The van der Waals surface area contributed by atoms with Crippen LogP contribution in [0.15, 0.2) is 12.2 Å². The zero-order chi connectivity index (χ0) is 10.1. The average molecular weight is 183 g/mol. The Hall–Kier alpha value is -0.300. The highest BCUT2D eigenvalue weighted by atomic mass is 14.8. The van der Waals surface area contributed by atoms with Crippen LogP contribution in [0, 0.1) is 11.8 Å². The lowest BCUT2D eigenvalue weighted by atomic mass is 10.0. The Balaban J connectivity index is 3.34. The Morgan fingerprint density at radius 1 is 1.15 bits per heavy atom. The summed E-state index contributed by atoms with van der Waals surface area (Å²) >= 11 is 0. The molecule has 0 aromatic carbocycles. The van der Waals surface area contributed by atoms with Crippen molar-refractivity contribution in [2.24, 2.45) is 11.8 Å². The summed E-state index contributed by atoms with van der Waals surface area (Å²) in [5, 5.41) is 3.34. The van der Waals surface area contributed by atoms with Crippen LogP contribution >= 0.6 is 0 Å². The van der Waals surface area contributed by atoms with E-state index in [0.717, 1.165) is 19.0 Å². The molecule has 0 spiro atoms. The van der Waals surface area contributed by atoms with Crippen molar-refractivity contribution in [1.82, 2.24) is 5.32 Å². The maximum Gasteiger partial charge on any atom is -0.00488 e. The van der Waals surface area contributed by atoms with E-state index in [0.29, 0.717) is 5.92 Å². The van der Waals surface area contributed by atoms with E-state index in [1.165, 1.54) is 12.8 Å². The van der Waals surface area contributed by atoms with Gasteiger partial charge in [0.1, 0.15) is 0 Å². The predicted octanol–water partition coefficient (Wildman–Crippen LogP) is 3.22. The summed E-state index contributed by atoms with van der Waals surface area (Å²) in [5.41, 5.74) is 0. The third kappa shape index (κ3) is 9.62. The molecule has 0 amide bonds. The van der Waals surface area contributed by atoms with Crippen LogP contribution < -0.4 is 5.32 Å². The number of hydrogen-bond acceptors (Lipinski definition) is 1. The van der Waals surface area contributed by atoms with Crippen LogP contribution in [0.2, 0.25) is 0 Å². The molecule has 0 aliphatic carbocycles. The van der Waals surface area contributed by atoms with E-state index in [4.69, 9.17) is 0 Å². The maximum absolute atomic E-state index is 3.34. The molecular weight excluding hydrogens is 158 g/mol. The third-order valence-corrected chi connectivity index (χ3v) is 2.09. The van der Waals surface area contributed by atoms with Crippen molar-refractivity contribution in [3.8, 4) is 0 Å². The number of hydrogen-bond donors (Lipinski definition) is 1. The van der Waals surface area contributed by atoms with Crippen LogP contribution in [0.3, 0.4) is 0 Å². The van der Waals surface area contributed by atoms with Gasteiger partial charge in [0, 0.05) is 0 Å². The molecule has 1 nitrogen and oxygen atoms in total. The minimum absolute atomic E-state index is 0.691. The fourth-order valence-corrected chi connectivity index (χ4v) is 1.23. The SMILES string of the molecule is CCNCCCC(C)/C=C/C(C)C. The average Bonchev–Trinajstić information content (AvgIpc) is 2.09. The van der Waals surface area contributed by atoms with Crippen molar-refractivity contribution < 1.29 is 0 Å². The molecule has 0 aromatic heterocycles. The molecule has 0 aliphatic heterocycles. The van der Waals surface area contributed by atoms with Crippen molar-refractivity contribution in [2.75, 3.05) is 13.1 Å². The van der Waals surface area contributed by atoms with E-state index in [2.05, 4.69) is 45.2 Å². The Morgan fingerprint density at radius 2 is 1.85 bits per heavy atom. The van der Waals surface area contributed by atoms with E-state index < -0.39 is 0 Å². The summed E-state index contributed by atoms with van der Waals surface area (Å²) < 4.78 is 0. The monoisotopic (exact) mass is 183 g/mol. The second-order valence-electron chi connectivity index (χ2n) is 4.10. The number of nitrogens with one attached hydrogen (secondary N) is 1. The molecule has 0 saturated heterocycles. The van der Waals surface area contributed by atoms with E-state index >= 15 is 0 Å². The molecule has 0 bridgehead atoms. The summed E-state index contributed by atoms with van der Waals surface area (Å²) in [6, 6.07) is 0. The molecule has 0 rings (SSSR count). The highest BCUT2D eigenvalue weighted by molar-refractivity contribution is 4.88. The van der Waals surface area contributed by atoms with Crippen LogP contribution in [0.4, 0.5) is 0 Å². The van der Waals surface area contributed by atoms with Gasteiger partial charge in [-0.25, -0.2) is 0 Å². The molecular formula is C12H25N. The van der Waals surface area contributed by atoms with E-state index in [1.807, 2.05) is 0 Å². The lowest BCUT2D eigenvalue weighted by Crippen LogP contribution is -2.14. The Morgan fingerprint density at radius 3 is 2.38 bits per heavy atom. The fraction of sp³-hybridized carbons (Fsp3) is 0.833. The molecule has 0 aromatic rings. The van der Waals surface area contributed by atoms with Gasteiger partial charge >= 0.3 is 0 Å². The van der Waals surface area contributed by atoms with E-state index in [9.17, 15) is 0 Å². The summed E-state index contributed by atoms with van der Waals surface area (Å²) in [6.45, 7) is 11.2. The molecule has 0 saturated carbocycles. The van der Waals surface area contributed by atoms with Crippen molar-refractivity contribution in [2.45, 2.75) is 40.5 Å². The van der Waals surface area contributed by atoms with Crippen LogP contribution in [-0.2, 0) is 0 Å². The van der Waals surface area contributed by atoms with Crippen molar-refractivity contribution in [1.29, 1.82) is 0 Å². The molecule has 0 heterocycles. The Kier molecular flexibility index (Phi) is 8.11. The summed E-state index contributed by atoms with van der Waals surface area (Å²) in [5.74, 6) is 1.43. The molecule has 1 heteroatoms. The number of allylic oxidation sites excluding steroid dienone is 2. The summed E-state index contributed by atoms with van der Waals surface area (Å²) in [7, 11) is 0. The van der Waals surface area contributed by atoms with Gasteiger partial charge in [-0.05, 0) is 37.8 Å². The second-order valence-corrected chi connectivity index (χ2v) is 4.10. The fourth-order valence-electron chi connectivity index (χ4n) is 1.23. The summed E-state index contributed by atoms with van der Waals surface area (Å²) in [6.07, 6.45) is 7.24. The zero-order valence-electron chi connectivity index (χ0n) is 9.64. The van der Waals surface area contributed by atoms with E-state index in [1.54, 1.807) is 0 Å². The zero-order valence-corrected chi connectivity index (χ0v) is 9.64. The van der Waals surface area contributed by atoms with Gasteiger partial charge in [0.25, 0.3) is 0 Å². The van der Waals surface area contributed by atoms with Crippen molar-refractivity contribution in [3.05, 3.63) is 12.2 Å². The quantitative estimate of drug-likeness (QED) is 0.472. The number of rotatable bonds is 7. The minimum Gasteiger partial charge on any atom is -0.317 e. The highest BCUT2D eigenvalue weighted by Crippen LogP contribution is 2.08. The third-order valence-electron chi connectivity index (χ3n) is 2.09. The maximum atomic E-state index is 3.34. The highest BCUT2D eigenvalue weighted by Gasteiger charge is 1.96. The topological polar surface area (TPSA) is 12.0 Å². The van der Waals surface area contributed by atoms with Gasteiger partial charge in [-0.1, -0.05) is 39.8 Å². The molecule has 1 atom stereocenters. The van der Waals surface area contributed by atoms with Gasteiger partial charge < -0.3 is 5.32 Å². The van der Waals surface area contributed by atoms with E-state index in [-0.39, 0.29) is 0 Å². The van der Waals surface area contributed by atoms with Gasteiger partial charge in [0.15, 0.2) is 0 Å². The molecule has 1 N–H and O–H groups in total. The minimum atomic E-state index is 0.691. The Bertz CT molecular complexity index is 127. The van der Waals surface area contributed by atoms with Crippen LogP contribution in [-0.4, -0.2) is 13.1 Å². The van der Waals surface area contributed by atoms with Gasteiger partial charge in [-0.2, -0.15) is 0 Å². The molecule has 0 radical (unpaired) electrons. The van der Waals surface area contributed by atoms with Crippen molar-refractivity contribution >= 4 is 0 Å². The lowest BCUT2D eigenvalue weighted by molar-refractivity contribution is 0.568. The first-order valence-electron chi connectivity index (χ1n) is 5.55. The van der Waals surface area contributed by atoms with Gasteiger partial charge in [-0.15, -0.1) is 0 Å². The van der Waals surface area contributed by atoms with Gasteiger partial charge in [0.05, 0.1) is 0 Å². The first kappa shape index (κ1) is 12.7. The van der Waals surface area contributed by atoms with Crippen LogP contribution in [0.25, 0.3) is 0 Å². The molecule has 0 aliphatic rings. The lowest BCUT2D eigenvalue weighted by Gasteiger charge is -2.06. The predicted molar refractivity (Wildman–Crippen MR) is 60.9 cm³/mol. The first-order valence-corrected chi connectivity index (χ1v) is 5.55. The smallest absolute Gasteiger partial charge is 0.00488 e. The molecule has 0 fully saturated rings. The summed E-state index contributed by atoms with van der Waals surface area (Å²) in [4.78, 5) is 0. The molecule has 78 valence electrons. The van der Waals surface area contributed by atoms with Gasteiger partial charge in [0.2, 0.25) is 0 Å². The molecule has 13 heavy (non-hydrogen) atoms. The normalized spacial score (nSPS) is 14.2. The molecule has 1 unspecified atom stereocenters. The second kappa shape index (κ2) is 8.31. The van der Waals surface area contributed by atoms with Crippen LogP contribution in [0.1, 0.15) is 40.5 Å². The van der Waals surface area contributed by atoms with Gasteiger partial charge in [-0.3, -0.25) is 0 Å². The standard InChI is InChI=1S/C12H25N/c1-5-13-10-6-7-12(4)9-8-11(2)3/h8-9,11-13H,5-7,10H2,1-4H3/b9-8+. The van der Waals surface area contributed by atoms with Crippen molar-refractivity contribution in [3.63, 3.8) is 0 Å².